The van der Waals surface area contributed by atoms with Gasteiger partial charge in [-0.1, -0.05) is 60.1 Å². The zero-order chi connectivity index (χ0) is 11.3. The van der Waals surface area contributed by atoms with E-state index in [0.717, 1.165) is 11.9 Å². The van der Waals surface area contributed by atoms with E-state index < -0.39 is 0 Å². The van der Waals surface area contributed by atoms with Gasteiger partial charge in [-0.05, 0) is 17.9 Å². The van der Waals surface area contributed by atoms with Crippen LogP contribution in [0.3, 0.4) is 0 Å². The molecule has 0 aliphatic heterocycles. The summed E-state index contributed by atoms with van der Waals surface area (Å²) in [5, 5.41) is 0.960. The molecular weight excluding hydrogens is 252 g/mol. The third-order valence-electron chi connectivity index (χ3n) is 2.35. The van der Waals surface area contributed by atoms with Gasteiger partial charge in [0.05, 0.1) is 12.7 Å². The van der Waals surface area contributed by atoms with E-state index in [4.69, 9.17) is 4.74 Å². The molecule has 1 atom stereocenters. The van der Waals surface area contributed by atoms with Gasteiger partial charge in [0.15, 0.2) is 0 Å². The van der Waals surface area contributed by atoms with Crippen LogP contribution in [0.5, 0.6) is 0 Å². The third-order valence-corrected chi connectivity index (χ3v) is 3.87. The van der Waals surface area contributed by atoms with Gasteiger partial charge in [-0.3, -0.25) is 0 Å². The molecule has 84 valence electrons. The molecule has 1 aromatic carbocycles. The van der Waals surface area contributed by atoms with Crippen LogP contribution in [0.25, 0.3) is 0 Å². The van der Waals surface area contributed by atoms with Crippen LogP contribution in [0.1, 0.15) is 32.4 Å². The summed E-state index contributed by atoms with van der Waals surface area (Å²) in [4.78, 5) is 0. The topological polar surface area (TPSA) is 9.23 Å². The maximum absolute atomic E-state index is 5.85. The van der Waals surface area contributed by atoms with E-state index in [2.05, 4.69) is 48.8 Å². The first-order valence-corrected chi connectivity index (χ1v) is 6.40. The molecule has 0 aromatic heterocycles. The van der Waals surface area contributed by atoms with Crippen molar-refractivity contribution >= 4 is 15.9 Å². The summed E-state index contributed by atoms with van der Waals surface area (Å²) < 4.78 is 5.85. The lowest BCUT2D eigenvalue weighted by Crippen LogP contribution is -2.21. The lowest BCUT2D eigenvalue weighted by Gasteiger charge is -2.24. The van der Waals surface area contributed by atoms with Gasteiger partial charge in [-0.15, -0.1) is 0 Å². The third kappa shape index (κ3) is 4.35. The van der Waals surface area contributed by atoms with Crippen molar-refractivity contribution in [2.75, 3.05) is 11.9 Å². The van der Waals surface area contributed by atoms with Crippen molar-refractivity contribution in [2.45, 2.75) is 26.9 Å². The Balaban J connectivity index is 2.47. The van der Waals surface area contributed by atoms with Gasteiger partial charge >= 0.3 is 0 Å². The largest absolute Gasteiger partial charge is 0.373 e. The van der Waals surface area contributed by atoms with Crippen LogP contribution >= 0.6 is 15.9 Å². The molecule has 1 rings (SSSR count). The first kappa shape index (κ1) is 12.7. The molecule has 0 amide bonds. The van der Waals surface area contributed by atoms with E-state index in [-0.39, 0.29) is 11.5 Å². The molecule has 0 radical (unpaired) electrons. The standard InChI is InChI=1S/C13H19BrO/c1-11(12-7-5-4-6-8-12)15-10-13(2,3)9-14/h4-8,11H,9-10H2,1-3H3. The maximum Gasteiger partial charge on any atom is 0.0797 e. The smallest absolute Gasteiger partial charge is 0.0797 e. The highest BCUT2D eigenvalue weighted by molar-refractivity contribution is 9.09. The maximum atomic E-state index is 5.85. The zero-order valence-corrected chi connectivity index (χ0v) is 11.3. The molecule has 1 aromatic rings. The average molecular weight is 271 g/mol. The van der Waals surface area contributed by atoms with Gasteiger partial charge in [0.1, 0.15) is 0 Å². The van der Waals surface area contributed by atoms with E-state index in [1.165, 1.54) is 5.56 Å². The van der Waals surface area contributed by atoms with E-state index in [0.29, 0.717) is 0 Å². The van der Waals surface area contributed by atoms with E-state index >= 15 is 0 Å². The fraction of sp³-hybridized carbons (Fsp3) is 0.538. The second kappa shape index (κ2) is 5.66. The highest BCUT2D eigenvalue weighted by atomic mass is 79.9. The summed E-state index contributed by atoms with van der Waals surface area (Å²) in [6.45, 7) is 7.26. The Hall–Kier alpha value is -0.340. The van der Waals surface area contributed by atoms with Gasteiger partial charge < -0.3 is 4.74 Å². The van der Waals surface area contributed by atoms with Gasteiger partial charge in [0.25, 0.3) is 0 Å². The minimum atomic E-state index is 0.171. The SMILES string of the molecule is CC(OCC(C)(C)CBr)c1ccccc1. The van der Waals surface area contributed by atoms with Crippen molar-refractivity contribution in [2.24, 2.45) is 5.41 Å². The van der Waals surface area contributed by atoms with Crippen LogP contribution in [0.4, 0.5) is 0 Å². The van der Waals surface area contributed by atoms with Gasteiger partial charge in [-0.2, -0.15) is 0 Å². The molecule has 0 fully saturated rings. The Labute approximate surface area is 101 Å². The fourth-order valence-electron chi connectivity index (χ4n) is 1.21. The van der Waals surface area contributed by atoms with Crippen molar-refractivity contribution < 1.29 is 4.74 Å². The molecule has 0 aliphatic carbocycles. The van der Waals surface area contributed by atoms with Crippen molar-refractivity contribution in [3.8, 4) is 0 Å². The summed E-state index contributed by atoms with van der Waals surface area (Å²) in [5.74, 6) is 0. The summed E-state index contributed by atoms with van der Waals surface area (Å²) in [6.07, 6.45) is 0.171. The number of rotatable bonds is 5. The van der Waals surface area contributed by atoms with E-state index in [1.807, 2.05) is 18.2 Å². The van der Waals surface area contributed by atoms with Crippen LogP contribution < -0.4 is 0 Å². The highest BCUT2D eigenvalue weighted by Crippen LogP contribution is 2.23. The summed E-state index contributed by atoms with van der Waals surface area (Å²) in [6, 6.07) is 10.3. The minimum absolute atomic E-state index is 0.171. The molecule has 0 spiro atoms. The van der Waals surface area contributed by atoms with Gasteiger partial charge in [0, 0.05) is 5.33 Å². The molecule has 0 saturated heterocycles. The molecule has 15 heavy (non-hydrogen) atoms. The Kier molecular flexibility index (Phi) is 4.81. The normalized spacial score (nSPS) is 13.9. The Morgan fingerprint density at radius 1 is 1.27 bits per heavy atom. The Bertz CT molecular complexity index is 282. The Morgan fingerprint density at radius 3 is 2.40 bits per heavy atom. The second-order valence-electron chi connectivity index (χ2n) is 4.66. The van der Waals surface area contributed by atoms with Crippen molar-refractivity contribution in [3.63, 3.8) is 0 Å². The number of ether oxygens (including phenoxy) is 1. The molecule has 0 heterocycles. The summed E-state index contributed by atoms with van der Waals surface area (Å²) >= 11 is 3.50. The van der Waals surface area contributed by atoms with E-state index in [9.17, 15) is 0 Å². The zero-order valence-electron chi connectivity index (χ0n) is 9.66. The number of benzene rings is 1. The quantitative estimate of drug-likeness (QED) is 0.730. The fourth-order valence-corrected chi connectivity index (χ4v) is 1.37. The number of alkyl halides is 1. The molecule has 1 unspecified atom stereocenters. The molecular formula is C13H19BrO. The van der Waals surface area contributed by atoms with Gasteiger partial charge in [-0.25, -0.2) is 0 Å². The molecule has 1 nitrogen and oxygen atoms in total. The summed E-state index contributed by atoms with van der Waals surface area (Å²) in [5.41, 5.74) is 1.44. The lowest BCUT2D eigenvalue weighted by atomic mass is 9.98. The average Bonchev–Trinajstić information content (AvgIpc) is 2.27. The van der Waals surface area contributed by atoms with Crippen LogP contribution in [-0.2, 0) is 4.74 Å². The highest BCUT2D eigenvalue weighted by Gasteiger charge is 2.18. The van der Waals surface area contributed by atoms with E-state index in [1.54, 1.807) is 0 Å². The van der Waals surface area contributed by atoms with Crippen LogP contribution in [0, 0.1) is 5.41 Å². The predicted octanol–water partition coefficient (Wildman–Crippen LogP) is 4.19. The monoisotopic (exact) mass is 270 g/mol. The number of hydrogen-bond acceptors (Lipinski definition) is 1. The number of halogens is 1. The molecule has 0 aliphatic rings. The predicted molar refractivity (Wildman–Crippen MR) is 68.4 cm³/mol. The van der Waals surface area contributed by atoms with Crippen molar-refractivity contribution in [3.05, 3.63) is 35.9 Å². The Morgan fingerprint density at radius 2 is 1.87 bits per heavy atom. The number of hydrogen-bond donors (Lipinski definition) is 0. The van der Waals surface area contributed by atoms with Crippen LogP contribution in [-0.4, -0.2) is 11.9 Å². The second-order valence-corrected chi connectivity index (χ2v) is 5.22. The van der Waals surface area contributed by atoms with Crippen molar-refractivity contribution in [1.82, 2.24) is 0 Å². The minimum Gasteiger partial charge on any atom is -0.373 e. The molecule has 2 heteroatoms. The van der Waals surface area contributed by atoms with Crippen molar-refractivity contribution in [1.29, 1.82) is 0 Å². The van der Waals surface area contributed by atoms with Gasteiger partial charge in [0.2, 0.25) is 0 Å². The first-order chi connectivity index (χ1) is 7.05. The molecule has 0 N–H and O–H groups in total. The van der Waals surface area contributed by atoms with Crippen LogP contribution in [0.2, 0.25) is 0 Å². The summed E-state index contributed by atoms with van der Waals surface area (Å²) in [7, 11) is 0. The molecule has 0 saturated carbocycles. The lowest BCUT2D eigenvalue weighted by molar-refractivity contribution is 0.0196. The van der Waals surface area contributed by atoms with Crippen LogP contribution in [0.15, 0.2) is 30.3 Å². The molecule has 0 bridgehead atoms. The first-order valence-electron chi connectivity index (χ1n) is 5.28.